The van der Waals surface area contributed by atoms with E-state index in [0.29, 0.717) is 0 Å². The molecular formula is C15H22O3. The van der Waals surface area contributed by atoms with E-state index in [1.807, 2.05) is 20.8 Å². The number of benzene rings is 1. The average Bonchev–Trinajstić information content (AvgIpc) is 2.35. The van der Waals surface area contributed by atoms with Crippen LogP contribution in [0.15, 0.2) is 6.07 Å². The molecule has 0 aromatic heterocycles. The molecule has 2 rings (SSSR count). The Morgan fingerprint density at radius 3 is 2.67 bits per heavy atom. The lowest BCUT2D eigenvalue weighted by Gasteiger charge is -2.35. The van der Waals surface area contributed by atoms with Crippen LogP contribution < -0.4 is 0 Å². The number of hydrogen-bond acceptors (Lipinski definition) is 3. The number of phenolic OH excluding ortho intramolecular Hbond substituents is 1. The van der Waals surface area contributed by atoms with E-state index in [1.165, 1.54) is 5.56 Å². The van der Waals surface area contributed by atoms with Crippen LogP contribution >= 0.6 is 0 Å². The Morgan fingerprint density at radius 2 is 2.06 bits per heavy atom. The quantitative estimate of drug-likeness (QED) is 0.754. The molecule has 0 radical (unpaired) electrons. The third-order valence-electron chi connectivity index (χ3n) is 4.39. The predicted molar refractivity (Wildman–Crippen MR) is 70.6 cm³/mol. The molecule has 1 aliphatic rings. The predicted octanol–water partition coefficient (Wildman–Crippen LogP) is 2.23. The zero-order valence-electron chi connectivity index (χ0n) is 11.3. The maximum atomic E-state index is 10.5. The summed E-state index contributed by atoms with van der Waals surface area (Å²) in [7, 11) is 0. The van der Waals surface area contributed by atoms with Gasteiger partial charge in [-0.3, -0.25) is 0 Å². The third-order valence-corrected chi connectivity index (χ3v) is 4.39. The lowest BCUT2D eigenvalue weighted by Crippen LogP contribution is -2.29. The van der Waals surface area contributed by atoms with Crippen molar-refractivity contribution in [1.82, 2.24) is 0 Å². The van der Waals surface area contributed by atoms with E-state index in [4.69, 9.17) is 0 Å². The molecule has 0 heterocycles. The Kier molecular flexibility index (Phi) is 3.64. The highest BCUT2D eigenvalue weighted by molar-refractivity contribution is 5.50. The molecule has 3 atom stereocenters. The lowest BCUT2D eigenvalue weighted by molar-refractivity contribution is 0.0407. The number of aliphatic hydroxyl groups is 2. The van der Waals surface area contributed by atoms with Crippen LogP contribution in [0.3, 0.4) is 0 Å². The van der Waals surface area contributed by atoms with Crippen molar-refractivity contribution in [3.8, 4) is 5.75 Å². The number of fused-ring (bicyclic) bond motifs is 1. The molecule has 0 spiro atoms. The molecule has 18 heavy (non-hydrogen) atoms. The molecule has 0 saturated heterocycles. The molecule has 3 unspecified atom stereocenters. The second kappa shape index (κ2) is 4.90. The first-order chi connectivity index (χ1) is 8.47. The molecule has 0 bridgehead atoms. The summed E-state index contributed by atoms with van der Waals surface area (Å²) in [6.07, 6.45) is 1.22. The number of aliphatic hydroxyl groups excluding tert-OH is 2. The van der Waals surface area contributed by atoms with Crippen LogP contribution in [-0.2, 0) is 6.42 Å². The zero-order chi connectivity index (χ0) is 13.4. The van der Waals surface area contributed by atoms with Gasteiger partial charge in [0.15, 0.2) is 0 Å². The first-order valence-electron chi connectivity index (χ1n) is 6.58. The van der Waals surface area contributed by atoms with Crippen molar-refractivity contribution in [2.45, 2.75) is 39.7 Å². The average molecular weight is 250 g/mol. The SMILES string of the molecule is Cc1cc(O)c(C)c2c1CCC(C(C)CO)C2O. The Morgan fingerprint density at radius 1 is 1.39 bits per heavy atom. The van der Waals surface area contributed by atoms with Crippen LogP contribution in [0, 0.1) is 25.7 Å². The van der Waals surface area contributed by atoms with Gasteiger partial charge in [0.1, 0.15) is 5.75 Å². The van der Waals surface area contributed by atoms with Gasteiger partial charge in [-0.25, -0.2) is 0 Å². The smallest absolute Gasteiger partial charge is 0.119 e. The van der Waals surface area contributed by atoms with Crippen LogP contribution in [0.2, 0.25) is 0 Å². The molecule has 0 aliphatic heterocycles. The van der Waals surface area contributed by atoms with E-state index < -0.39 is 6.10 Å². The highest BCUT2D eigenvalue weighted by atomic mass is 16.3. The normalized spacial score (nSPS) is 24.7. The minimum absolute atomic E-state index is 0.0717. The fourth-order valence-corrected chi connectivity index (χ4v) is 3.12. The summed E-state index contributed by atoms with van der Waals surface area (Å²) < 4.78 is 0. The first kappa shape index (κ1) is 13.4. The van der Waals surface area contributed by atoms with Gasteiger partial charge >= 0.3 is 0 Å². The van der Waals surface area contributed by atoms with Crippen LogP contribution in [0.4, 0.5) is 0 Å². The third kappa shape index (κ3) is 2.02. The summed E-state index contributed by atoms with van der Waals surface area (Å²) >= 11 is 0. The Labute approximate surface area is 108 Å². The molecule has 3 N–H and O–H groups in total. The van der Waals surface area contributed by atoms with Crippen LogP contribution in [0.25, 0.3) is 0 Å². The Hall–Kier alpha value is -1.06. The number of hydrogen-bond donors (Lipinski definition) is 3. The van der Waals surface area contributed by atoms with Crippen molar-refractivity contribution in [2.24, 2.45) is 11.8 Å². The second-order valence-electron chi connectivity index (χ2n) is 5.54. The van der Waals surface area contributed by atoms with Gasteiger partial charge in [-0.1, -0.05) is 6.92 Å². The van der Waals surface area contributed by atoms with Gasteiger partial charge < -0.3 is 15.3 Å². The van der Waals surface area contributed by atoms with Crippen molar-refractivity contribution >= 4 is 0 Å². The van der Waals surface area contributed by atoms with Gasteiger partial charge in [-0.05, 0) is 66.8 Å². The summed E-state index contributed by atoms with van der Waals surface area (Å²) in [5.74, 6) is 0.403. The summed E-state index contributed by atoms with van der Waals surface area (Å²) in [5, 5.41) is 29.7. The van der Waals surface area contributed by atoms with Gasteiger partial charge in [0.25, 0.3) is 0 Å². The molecule has 0 fully saturated rings. The van der Waals surface area contributed by atoms with Crippen molar-refractivity contribution in [3.05, 3.63) is 28.3 Å². The van der Waals surface area contributed by atoms with Crippen LogP contribution in [0.1, 0.15) is 41.7 Å². The van der Waals surface area contributed by atoms with Crippen molar-refractivity contribution in [3.63, 3.8) is 0 Å². The van der Waals surface area contributed by atoms with Crippen molar-refractivity contribution < 1.29 is 15.3 Å². The van der Waals surface area contributed by atoms with Crippen LogP contribution in [-0.4, -0.2) is 21.9 Å². The standard InChI is InChI=1S/C15H22O3/c1-8-6-13(17)10(3)14-11(8)4-5-12(15(14)18)9(2)7-16/h6,9,12,15-18H,4-5,7H2,1-3H3. The molecule has 1 aliphatic carbocycles. The number of rotatable bonds is 2. The first-order valence-corrected chi connectivity index (χ1v) is 6.58. The fraction of sp³-hybridized carbons (Fsp3) is 0.600. The largest absolute Gasteiger partial charge is 0.508 e. The van der Waals surface area contributed by atoms with E-state index in [0.717, 1.165) is 29.5 Å². The molecule has 3 nitrogen and oxygen atoms in total. The lowest BCUT2D eigenvalue weighted by atomic mass is 9.73. The maximum absolute atomic E-state index is 10.5. The Balaban J connectivity index is 2.48. The van der Waals surface area contributed by atoms with E-state index in [-0.39, 0.29) is 24.2 Å². The summed E-state index contributed by atoms with van der Waals surface area (Å²) in [6.45, 7) is 5.88. The molecule has 0 saturated carbocycles. The maximum Gasteiger partial charge on any atom is 0.119 e. The molecule has 0 amide bonds. The molecule has 3 heteroatoms. The van der Waals surface area contributed by atoms with Crippen LogP contribution in [0.5, 0.6) is 5.75 Å². The van der Waals surface area contributed by atoms with Gasteiger partial charge in [0, 0.05) is 6.61 Å². The minimum atomic E-state index is -0.582. The monoisotopic (exact) mass is 250 g/mol. The van der Waals surface area contributed by atoms with Gasteiger partial charge in [0.2, 0.25) is 0 Å². The number of aromatic hydroxyl groups is 1. The van der Waals surface area contributed by atoms with Gasteiger partial charge in [0.05, 0.1) is 6.10 Å². The minimum Gasteiger partial charge on any atom is -0.508 e. The topological polar surface area (TPSA) is 60.7 Å². The van der Waals surface area contributed by atoms with E-state index in [9.17, 15) is 15.3 Å². The zero-order valence-corrected chi connectivity index (χ0v) is 11.3. The molecule has 1 aromatic rings. The molecule has 100 valence electrons. The van der Waals surface area contributed by atoms with Crippen molar-refractivity contribution in [2.75, 3.05) is 6.61 Å². The van der Waals surface area contributed by atoms with Gasteiger partial charge in [-0.2, -0.15) is 0 Å². The van der Waals surface area contributed by atoms with E-state index in [1.54, 1.807) is 6.07 Å². The van der Waals surface area contributed by atoms with E-state index in [2.05, 4.69) is 0 Å². The second-order valence-corrected chi connectivity index (χ2v) is 5.54. The highest BCUT2D eigenvalue weighted by Gasteiger charge is 2.34. The number of phenols is 1. The summed E-state index contributed by atoms with van der Waals surface area (Å²) in [4.78, 5) is 0. The fourth-order valence-electron chi connectivity index (χ4n) is 3.12. The summed E-state index contributed by atoms with van der Waals surface area (Å²) in [6, 6.07) is 1.77. The molecule has 1 aromatic carbocycles. The highest BCUT2D eigenvalue weighted by Crippen LogP contribution is 2.43. The summed E-state index contributed by atoms with van der Waals surface area (Å²) in [5.41, 5.74) is 3.86. The van der Waals surface area contributed by atoms with E-state index >= 15 is 0 Å². The molecular weight excluding hydrogens is 228 g/mol. The van der Waals surface area contributed by atoms with Crippen molar-refractivity contribution in [1.29, 1.82) is 0 Å². The Bertz CT molecular complexity index is 454. The number of aryl methyl sites for hydroxylation is 1. The van der Waals surface area contributed by atoms with Gasteiger partial charge in [-0.15, -0.1) is 0 Å².